The predicted molar refractivity (Wildman–Crippen MR) is 191 cm³/mol. The Hall–Kier alpha value is -4.83. The molecule has 4 heteroatoms. The van der Waals surface area contributed by atoms with Crippen LogP contribution in [-0.4, -0.2) is 20.7 Å². The quantitative estimate of drug-likeness (QED) is 0.184. The normalized spacial score (nSPS) is 14.1. The van der Waals surface area contributed by atoms with E-state index in [1.165, 1.54) is 88.0 Å². The Bertz CT molecular complexity index is 2600. The molecular formula is C41H34BN3. The summed E-state index contributed by atoms with van der Waals surface area (Å²) in [5.41, 5.74) is 17.1. The van der Waals surface area contributed by atoms with Crippen LogP contribution >= 0.6 is 0 Å². The van der Waals surface area contributed by atoms with Gasteiger partial charge in [-0.05, 0) is 105 Å². The summed E-state index contributed by atoms with van der Waals surface area (Å²) in [5, 5.41) is 5.47. The Balaban J connectivity index is 1.48. The molecule has 6 aromatic carbocycles. The van der Waals surface area contributed by atoms with Gasteiger partial charge in [-0.15, -0.1) is 0 Å². The topological polar surface area (TPSA) is 22.2 Å². The lowest BCUT2D eigenvalue weighted by atomic mass is 9.34. The van der Waals surface area contributed by atoms with Crippen molar-refractivity contribution in [2.45, 2.75) is 52.9 Å². The second-order valence-corrected chi connectivity index (χ2v) is 14.5. The monoisotopic (exact) mass is 579 g/mol. The molecule has 1 aliphatic carbocycles. The maximum atomic E-state index is 5.49. The molecule has 0 bridgehead atoms. The number of fused-ring (bicyclic) bond motifs is 8. The highest BCUT2D eigenvalue weighted by molar-refractivity contribution is 6.99. The Morgan fingerprint density at radius 1 is 0.711 bits per heavy atom. The Morgan fingerprint density at radius 2 is 1.51 bits per heavy atom. The van der Waals surface area contributed by atoms with Crippen molar-refractivity contribution in [3.05, 3.63) is 119 Å². The first-order valence-corrected chi connectivity index (χ1v) is 16.3. The molecule has 2 aliphatic rings. The van der Waals surface area contributed by atoms with Crippen molar-refractivity contribution in [1.29, 1.82) is 0 Å². The van der Waals surface area contributed by atoms with Crippen molar-refractivity contribution in [2.75, 3.05) is 0 Å². The molecule has 0 saturated heterocycles. The minimum atomic E-state index is 0.0296. The minimum Gasteiger partial charge on any atom is -0.281 e. The number of aryl methyl sites for hydroxylation is 4. The first kappa shape index (κ1) is 25.5. The molecule has 1 aliphatic heterocycles. The lowest BCUT2D eigenvalue weighted by Crippen LogP contribution is -2.57. The van der Waals surface area contributed by atoms with E-state index in [0.717, 1.165) is 24.1 Å². The van der Waals surface area contributed by atoms with Crippen LogP contribution in [-0.2, 0) is 18.3 Å². The van der Waals surface area contributed by atoms with Crippen molar-refractivity contribution in [3.63, 3.8) is 0 Å². The van der Waals surface area contributed by atoms with Gasteiger partial charge in [0, 0.05) is 11.1 Å². The van der Waals surface area contributed by atoms with Crippen LogP contribution in [0.5, 0.6) is 0 Å². The molecule has 0 saturated carbocycles. The minimum absolute atomic E-state index is 0.0296. The standard InChI is InChI=1S/C41H34BN3/c1-23-13-18-35-38(24(23)2)43-40-44(35)34-19-16-26-14-15-27-21-32-39(37(34)36(26)27)45(40)33-20-17-28(41(3,4)5)22-31(33)42(32)30-12-8-10-25-9-6-7-11-29(25)30/h6-13,16-22H,14-15H2,1-5H3. The zero-order valence-corrected chi connectivity index (χ0v) is 26.5. The molecule has 216 valence electrons. The highest BCUT2D eigenvalue weighted by atomic mass is 15.2. The molecule has 0 atom stereocenters. The second kappa shape index (κ2) is 8.45. The van der Waals surface area contributed by atoms with E-state index in [1.807, 2.05) is 0 Å². The molecule has 0 unspecified atom stereocenters. The number of imidazole rings is 1. The summed E-state index contributed by atoms with van der Waals surface area (Å²) in [7, 11) is 0. The highest BCUT2D eigenvalue weighted by Crippen LogP contribution is 2.41. The zero-order valence-electron chi connectivity index (χ0n) is 26.5. The van der Waals surface area contributed by atoms with Gasteiger partial charge >= 0.3 is 0 Å². The summed E-state index contributed by atoms with van der Waals surface area (Å²) in [6.45, 7) is 11.5. The molecule has 8 aromatic rings. The van der Waals surface area contributed by atoms with Gasteiger partial charge in [-0.1, -0.05) is 99.0 Å². The van der Waals surface area contributed by atoms with Gasteiger partial charge in [-0.25, -0.2) is 4.98 Å². The number of benzene rings is 6. The van der Waals surface area contributed by atoms with Crippen LogP contribution in [0.1, 0.15) is 48.6 Å². The van der Waals surface area contributed by atoms with E-state index in [9.17, 15) is 0 Å². The van der Waals surface area contributed by atoms with Crippen molar-refractivity contribution in [3.8, 4) is 5.69 Å². The van der Waals surface area contributed by atoms with E-state index >= 15 is 0 Å². The molecule has 10 rings (SSSR count). The number of rotatable bonds is 1. The molecule has 2 aromatic heterocycles. The average molecular weight is 580 g/mol. The van der Waals surface area contributed by atoms with E-state index in [-0.39, 0.29) is 12.1 Å². The average Bonchev–Trinajstić information content (AvgIpc) is 3.64. The first-order chi connectivity index (χ1) is 21.8. The van der Waals surface area contributed by atoms with Gasteiger partial charge in [0.2, 0.25) is 12.5 Å². The van der Waals surface area contributed by atoms with E-state index in [2.05, 4.69) is 135 Å². The molecule has 0 amide bonds. The molecule has 0 fully saturated rings. The predicted octanol–water partition coefficient (Wildman–Crippen LogP) is 7.58. The van der Waals surface area contributed by atoms with Crippen LogP contribution in [0, 0.1) is 13.8 Å². The number of hydrogen-bond acceptors (Lipinski definition) is 1. The van der Waals surface area contributed by atoms with Crippen molar-refractivity contribution in [2.24, 2.45) is 0 Å². The van der Waals surface area contributed by atoms with E-state index in [4.69, 9.17) is 4.98 Å². The van der Waals surface area contributed by atoms with Gasteiger partial charge in [0.05, 0.1) is 22.1 Å². The van der Waals surface area contributed by atoms with Crippen LogP contribution < -0.4 is 16.4 Å². The van der Waals surface area contributed by atoms with Gasteiger partial charge < -0.3 is 0 Å². The van der Waals surface area contributed by atoms with Gasteiger partial charge in [-0.3, -0.25) is 8.97 Å². The third-order valence-electron chi connectivity index (χ3n) is 11.0. The second-order valence-electron chi connectivity index (χ2n) is 14.5. The molecule has 0 N–H and O–H groups in total. The smallest absolute Gasteiger partial charge is 0.247 e. The first-order valence-electron chi connectivity index (χ1n) is 16.3. The third kappa shape index (κ3) is 3.19. The van der Waals surface area contributed by atoms with E-state index in [1.54, 1.807) is 0 Å². The maximum absolute atomic E-state index is 5.49. The number of aromatic nitrogens is 3. The van der Waals surface area contributed by atoms with Crippen LogP contribution in [0.15, 0.2) is 91.0 Å². The number of nitrogens with zero attached hydrogens (tertiary/aromatic N) is 3. The van der Waals surface area contributed by atoms with Gasteiger partial charge in [0.25, 0.3) is 0 Å². The lowest BCUT2D eigenvalue weighted by molar-refractivity contribution is 0.590. The molecular weight excluding hydrogens is 545 g/mol. The van der Waals surface area contributed by atoms with E-state index in [0.29, 0.717) is 0 Å². The fourth-order valence-electron chi connectivity index (χ4n) is 8.58. The van der Waals surface area contributed by atoms with Crippen LogP contribution in [0.4, 0.5) is 0 Å². The van der Waals surface area contributed by atoms with Crippen LogP contribution in [0.25, 0.3) is 55.1 Å². The van der Waals surface area contributed by atoms with Crippen LogP contribution in [0.2, 0.25) is 0 Å². The summed E-state index contributed by atoms with van der Waals surface area (Å²) in [6.07, 6.45) is 2.19. The summed E-state index contributed by atoms with van der Waals surface area (Å²) in [4.78, 5) is 5.49. The molecule has 45 heavy (non-hydrogen) atoms. The summed E-state index contributed by atoms with van der Waals surface area (Å²) in [6, 6.07) is 34.8. The fraction of sp³-hybridized carbons (Fsp3) is 0.195. The Labute approximate surface area is 263 Å². The third-order valence-corrected chi connectivity index (χ3v) is 11.0. The van der Waals surface area contributed by atoms with E-state index < -0.39 is 0 Å². The lowest BCUT2D eigenvalue weighted by Gasteiger charge is -2.33. The summed E-state index contributed by atoms with van der Waals surface area (Å²) < 4.78 is 4.96. The summed E-state index contributed by atoms with van der Waals surface area (Å²) >= 11 is 0. The van der Waals surface area contributed by atoms with Crippen molar-refractivity contribution < 1.29 is 0 Å². The SMILES string of the molecule is Cc1ccc2c(nc3n4c5c(cc6c7c(ccc(c75)n23)CC6)B(c2cccc3ccccc23)c2cc(C(C)(C)C)ccc2-4)c1C. The van der Waals surface area contributed by atoms with Crippen LogP contribution in [0.3, 0.4) is 0 Å². The highest BCUT2D eigenvalue weighted by Gasteiger charge is 2.37. The molecule has 3 heterocycles. The van der Waals surface area contributed by atoms with Gasteiger partial charge in [0.1, 0.15) is 0 Å². The Morgan fingerprint density at radius 3 is 2.38 bits per heavy atom. The fourth-order valence-corrected chi connectivity index (χ4v) is 8.58. The Kier molecular flexibility index (Phi) is 4.79. The van der Waals surface area contributed by atoms with Crippen molar-refractivity contribution in [1.82, 2.24) is 14.0 Å². The molecule has 0 spiro atoms. The molecule has 3 nitrogen and oxygen atoms in total. The van der Waals surface area contributed by atoms with Gasteiger partial charge in [-0.2, -0.15) is 0 Å². The largest absolute Gasteiger partial charge is 0.281 e. The molecule has 0 radical (unpaired) electrons. The zero-order chi connectivity index (χ0) is 30.4. The van der Waals surface area contributed by atoms with Gasteiger partial charge in [0.15, 0.2) is 0 Å². The summed E-state index contributed by atoms with van der Waals surface area (Å²) in [5.74, 6) is 0.995. The number of hydrogen-bond donors (Lipinski definition) is 0. The maximum Gasteiger partial charge on any atom is 0.247 e. The van der Waals surface area contributed by atoms with Crippen molar-refractivity contribution >= 4 is 72.5 Å².